The van der Waals surface area contributed by atoms with Crippen LogP contribution in [0.1, 0.15) is 29.7 Å². The van der Waals surface area contributed by atoms with Crippen molar-refractivity contribution in [2.75, 3.05) is 18.8 Å². The fraction of sp³-hybridized carbons (Fsp3) is 0.261. The number of hydrogen-bond acceptors (Lipinski definition) is 8. The number of nitrogens with zero attached hydrogens (tertiary/aromatic N) is 5. The van der Waals surface area contributed by atoms with E-state index in [2.05, 4.69) is 27.2 Å². The quantitative estimate of drug-likeness (QED) is 0.478. The molecule has 2 amide bonds. The second-order valence-corrected chi connectivity index (χ2v) is 9.50. The highest BCUT2D eigenvalue weighted by Crippen LogP contribution is 2.34. The first-order valence-corrected chi connectivity index (χ1v) is 11.7. The summed E-state index contributed by atoms with van der Waals surface area (Å²) >= 11 is 1.56. The average Bonchev–Trinajstić information content (AvgIpc) is 3.57. The van der Waals surface area contributed by atoms with Crippen molar-refractivity contribution in [2.45, 2.75) is 24.9 Å². The standard InChI is InChI=1S/C23H24N8O2S/c1-3-17(32)30-9-8-16(11-30)31-21-18(20(24)26-12-27-21)19(29-31)14-4-6-15(7-5-14)22(33)28-23-25-10-13(2)34-23/h3-7,10,12,16,23,25H,1,8-9,11H2,2H3,(H,28,33)(H2,24,26,27)/t16-,23?/m1/s1. The van der Waals surface area contributed by atoms with Crippen LogP contribution in [0.3, 0.4) is 0 Å². The summed E-state index contributed by atoms with van der Waals surface area (Å²) in [6.07, 6.45) is 5.37. The summed E-state index contributed by atoms with van der Waals surface area (Å²) < 4.78 is 1.83. The number of carbonyl (C=O) groups is 2. The van der Waals surface area contributed by atoms with Gasteiger partial charge >= 0.3 is 0 Å². The summed E-state index contributed by atoms with van der Waals surface area (Å²) in [5.41, 5.74) is 8.64. The molecule has 2 aliphatic heterocycles. The van der Waals surface area contributed by atoms with Gasteiger partial charge in [0.25, 0.3) is 5.91 Å². The number of rotatable bonds is 5. The van der Waals surface area contributed by atoms with Crippen LogP contribution in [0.5, 0.6) is 0 Å². The van der Waals surface area contributed by atoms with Gasteiger partial charge in [-0.1, -0.05) is 30.5 Å². The first kappa shape index (κ1) is 22.0. The van der Waals surface area contributed by atoms with Crippen molar-refractivity contribution in [1.82, 2.24) is 35.3 Å². The summed E-state index contributed by atoms with van der Waals surface area (Å²) in [6.45, 7) is 6.70. The lowest BCUT2D eigenvalue weighted by molar-refractivity contribution is -0.125. The lowest BCUT2D eigenvalue weighted by atomic mass is 10.1. The smallest absolute Gasteiger partial charge is 0.253 e. The van der Waals surface area contributed by atoms with Crippen molar-refractivity contribution < 1.29 is 9.59 Å². The number of likely N-dealkylation sites (tertiary alicyclic amines) is 1. The van der Waals surface area contributed by atoms with Crippen molar-refractivity contribution in [3.63, 3.8) is 0 Å². The Bertz CT molecular complexity index is 1320. The van der Waals surface area contributed by atoms with E-state index in [0.717, 1.165) is 16.9 Å². The highest BCUT2D eigenvalue weighted by Gasteiger charge is 2.30. The van der Waals surface area contributed by atoms with Gasteiger partial charge in [0.1, 0.15) is 17.8 Å². The molecular weight excluding hydrogens is 452 g/mol. The van der Waals surface area contributed by atoms with Crippen molar-refractivity contribution in [2.24, 2.45) is 0 Å². The zero-order chi connectivity index (χ0) is 23.8. The van der Waals surface area contributed by atoms with Crippen LogP contribution in [0.15, 0.2) is 54.4 Å². The van der Waals surface area contributed by atoms with Crippen LogP contribution >= 0.6 is 11.8 Å². The number of benzene rings is 1. The summed E-state index contributed by atoms with van der Waals surface area (Å²) in [7, 11) is 0. The maximum absolute atomic E-state index is 12.6. The predicted molar refractivity (Wildman–Crippen MR) is 131 cm³/mol. The SMILES string of the molecule is C=CC(=O)N1CC[C@@H](n2nc(-c3ccc(C(=O)NC4NC=C(C)S4)cc3)c3c(N)ncnc32)C1. The average molecular weight is 477 g/mol. The molecule has 174 valence electrons. The molecule has 2 atom stereocenters. The summed E-state index contributed by atoms with van der Waals surface area (Å²) in [4.78, 5) is 36.1. The highest BCUT2D eigenvalue weighted by molar-refractivity contribution is 8.03. The van der Waals surface area contributed by atoms with E-state index in [1.165, 1.54) is 12.4 Å². The molecule has 0 spiro atoms. The number of hydrogen-bond donors (Lipinski definition) is 3. The van der Waals surface area contributed by atoms with E-state index in [4.69, 9.17) is 10.8 Å². The Labute approximate surface area is 200 Å². The van der Waals surface area contributed by atoms with Crippen LogP contribution in [-0.2, 0) is 4.79 Å². The number of anilines is 1. The van der Waals surface area contributed by atoms with Gasteiger partial charge in [0.05, 0.1) is 11.4 Å². The van der Waals surface area contributed by atoms with Crippen LogP contribution < -0.4 is 16.4 Å². The molecular formula is C23H24N8O2S. The second-order valence-electron chi connectivity index (χ2n) is 8.15. The van der Waals surface area contributed by atoms with Crippen LogP contribution in [0.25, 0.3) is 22.3 Å². The van der Waals surface area contributed by atoms with Crippen molar-refractivity contribution in [1.29, 1.82) is 0 Å². The molecule has 2 aliphatic rings. The van der Waals surface area contributed by atoms with Gasteiger partial charge in [0.15, 0.2) is 11.1 Å². The minimum absolute atomic E-state index is 0.0343. The van der Waals surface area contributed by atoms with Crippen LogP contribution in [0.2, 0.25) is 0 Å². The van der Waals surface area contributed by atoms with Crippen LogP contribution in [0.4, 0.5) is 5.82 Å². The zero-order valence-electron chi connectivity index (χ0n) is 18.6. The number of carbonyl (C=O) groups excluding carboxylic acids is 2. The summed E-state index contributed by atoms with van der Waals surface area (Å²) in [6, 6.07) is 7.17. The molecule has 1 aromatic carbocycles. The Morgan fingerprint density at radius 1 is 1.29 bits per heavy atom. The molecule has 0 radical (unpaired) electrons. The molecule has 4 heterocycles. The molecule has 1 fully saturated rings. The van der Waals surface area contributed by atoms with Crippen molar-refractivity contribution in [3.05, 3.63) is 59.9 Å². The van der Waals surface area contributed by atoms with E-state index in [-0.39, 0.29) is 23.4 Å². The van der Waals surface area contributed by atoms with Gasteiger partial charge in [-0.15, -0.1) is 0 Å². The molecule has 1 saturated heterocycles. The maximum Gasteiger partial charge on any atom is 0.253 e. The molecule has 0 saturated carbocycles. The molecule has 5 rings (SSSR count). The highest BCUT2D eigenvalue weighted by atomic mass is 32.2. The lowest BCUT2D eigenvalue weighted by Crippen LogP contribution is -2.38. The maximum atomic E-state index is 12.6. The number of thioether (sulfide) groups is 1. The van der Waals surface area contributed by atoms with Gasteiger partial charge in [-0.3, -0.25) is 9.59 Å². The topological polar surface area (TPSA) is 131 Å². The van der Waals surface area contributed by atoms with Gasteiger partial charge in [-0.05, 0) is 31.6 Å². The van der Waals surface area contributed by atoms with Gasteiger partial charge < -0.3 is 21.3 Å². The van der Waals surface area contributed by atoms with E-state index < -0.39 is 0 Å². The molecule has 0 aliphatic carbocycles. The first-order chi connectivity index (χ1) is 16.4. The third-order valence-electron chi connectivity index (χ3n) is 5.94. The summed E-state index contributed by atoms with van der Waals surface area (Å²) in [5.74, 6) is 0.0625. The lowest BCUT2D eigenvalue weighted by Gasteiger charge is -2.14. The Balaban J connectivity index is 1.43. The van der Waals surface area contributed by atoms with E-state index in [9.17, 15) is 9.59 Å². The first-order valence-electron chi connectivity index (χ1n) is 10.9. The Hall–Kier alpha value is -3.86. The number of nitrogens with one attached hydrogen (secondary N) is 2. The second kappa shape index (κ2) is 8.82. The van der Waals surface area contributed by atoms with Gasteiger partial charge in [0.2, 0.25) is 5.91 Å². The normalized spacial score (nSPS) is 19.7. The number of nitrogen functional groups attached to an aromatic ring is 1. The fourth-order valence-electron chi connectivity index (χ4n) is 4.22. The van der Waals surface area contributed by atoms with Gasteiger partial charge in [-0.2, -0.15) is 5.10 Å². The van der Waals surface area contributed by atoms with Crippen molar-refractivity contribution in [3.8, 4) is 11.3 Å². The molecule has 4 N–H and O–H groups in total. The van der Waals surface area contributed by atoms with E-state index >= 15 is 0 Å². The number of aromatic nitrogens is 4. The van der Waals surface area contributed by atoms with E-state index in [0.29, 0.717) is 41.2 Å². The largest absolute Gasteiger partial charge is 0.383 e. The minimum atomic E-state index is -0.178. The monoisotopic (exact) mass is 476 g/mol. The van der Waals surface area contributed by atoms with Crippen LogP contribution in [-0.4, -0.2) is 55.1 Å². The number of allylic oxidation sites excluding steroid dienone is 1. The van der Waals surface area contributed by atoms with Gasteiger partial charge in [0, 0.05) is 35.3 Å². The third kappa shape index (κ3) is 3.98. The third-order valence-corrected chi connectivity index (χ3v) is 6.92. The molecule has 3 aromatic rings. The number of nitrogens with two attached hydrogens (primary N) is 1. The molecule has 0 bridgehead atoms. The zero-order valence-corrected chi connectivity index (χ0v) is 19.4. The molecule has 2 aromatic heterocycles. The Kier molecular flexibility index (Phi) is 5.70. The molecule has 10 nitrogen and oxygen atoms in total. The van der Waals surface area contributed by atoms with E-state index in [1.807, 2.05) is 29.9 Å². The minimum Gasteiger partial charge on any atom is -0.383 e. The van der Waals surface area contributed by atoms with E-state index in [1.54, 1.807) is 28.8 Å². The number of amides is 2. The number of fused-ring (bicyclic) bond motifs is 1. The molecule has 11 heteroatoms. The predicted octanol–water partition coefficient (Wildman–Crippen LogP) is 2.25. The van der Waals surface area contributed by atoms with Crippen LogP contribution in [0, 0.1) is 0 Å². The van der Waals surface area contributed by atoms with Crippen molar-refractivity contribution >= 4 is 40.4 Å². The summed E-state index contributed by atoms with van der Waals surface area (Å²) in [5, 5.41) is 11.5. The fourth-order valence-corrected chi connectivity index (χ4v) is 5.03. The molecule has 34 heavy (non-hydrogen) atoms. The van der Waals surface area contributed by atoms with Gasteiger partial charge in [-0.25, -0.2) is 14.6 Å². The Morgan fingerprint density at radius 2 is 2.09 bits per heavy atom. The molecule has 1 unspecified atom stereocenters. The Morgan fingerprint density at radius 3 is 2.79 bits per heavy atom.